The van der Waals surface area contributed by atoms with E-state index in [-0.39, 0.29) is 5.91 Å². The van der Waals surface area contributed by atoms with Gasteiger partial charge in [-0.2, -0.15) is 0 Å². The number of hydrogen-bond donors (Lipinski definition) is 0. The molecule has 1 aliphatic rings. The summed E-state index contributed by atoms with van der Waals surface area (Å²) >= 11 is 7.52. The Hall–Kier alpha value is -1.65. The molecule has 1 amide bonds. The molecule has 0 aromatic heterocycles. The van der Waals surface area contributed by atoms with Gasteiger partial charge in [0.1, 0.15) is 5.75 Å². The number of para-hydroxylation sites is 1. The van der Waals surface area contributed by atoms with Crippen LogP contribution in [-0.4, -0.2) is 25.3 Å². The molecule has 2 aromatic rings. The van der Waals surface area contributed by atoms with Crippen molar-refractivity contribution in [3.05, 3.63) is 58.6 Å². The molecule has 0 unspecified atom stereocenters. The van der Waals surface area contributed by atoms with Gasteiger partial charge >= 0.3 is 0 Å². The lowest BCUT2D eigenvalue weighted by Gasteiger charge is -2.30. The van der Waals surface area contributed by atoms with Crippen LogP contribution in [0.15, 0.2) is 42.5 Å². The number of ether oxygens (including phenoxy) is 1. The van der Waals surface area contributed by atoms with E-state index in [0.717, 1.165) is 41.6 Å². The van der Waals surface area contributed by atoms with Gasteiger partial charge in [-0.05, 0) is 42.2 Å². The molecule has 1 aliphatic heterocycles. The molecule has 0 radical (unpaired) electrons. The first kappa shape index (κ1) is 17.2. The number of halogens is 1. The molecule has 0 atom stereocenters. The molecule has 1 heterocycles. The second-order valence-electron chi connectivity index (χ2n) is 5.74. The highest BCUT2D eigenvalue weighted by atomic mass is 35.5. The van der Waals surface area contributed by atoms with Crippen molar-refractivity contribution in [1.82, 2.24) is 0 Å². The van der Waals surface area contributed by atoms with Crippen molar-refractivity contribution in [1.29, 1.82) is 0 Å². The molecule has 0 N–H and O–H groups in total. The van der Waals surface area contributed by atoms with Gasteiger partial charge in [0.25, 0.3) is 0 Å². The van der Waals surface area contributed by atoms with Crippen molar-refractivity contribution >= 4 is 35.0 Å². The smallest absolute Gasteiger partial charge is 0.237 e. The molecule has 0 saturated heterocycles. The first-order valence-corrected chi connectivity index (χ1v) is 9.50. The summed E-state index contributed by atoms with van der Waals surface area (Å²) in [5, 5.41) is 0.733. The lowest BCUT2D eigenvalue weighted by atomic mass is 10.0. The normalized spacial score (nSPS) is 13.5. The van der Waals surface area contributed by atoms with E-state index in [1.165, 1.54) is 11.1 Å². The molecule has 5 heteroatoms. The highest BCUT2D eigenvalue weighted by Crippen LogP contribution is 2.36. The first-order chi connectivity index (χ1) is 11.7. The molecule has 2 aromatic carbocycles. The van der Waals surface area contributed by atoms with E-state index in [2.05, 4.69) is 6.07 Å². The Morgan fingerprint density at radius 1 is 1.25 bits per heavy atom. The predicted octanol–water partition coefficient (Wildman–Crippen LogP) is 4.56. The molecule has 3 rings (SSSR count). The third-order valence-electron chi connectivity index (χ3n) is 4.11. The Morgan fingerprint density at radius 2 is 2.04 bits per heavy atom. The van der Waals surface area contributed by atoms with Gasteiger partial charge in [-0.15, -0.1) is 11.8 Å². The van der Waals surface area contributed by atoms with Gasteiger partial charge in [0.2, 0.25) is 5.91 Å². The van der Waals surface area contributed by atoms with Crippen LogP contribution >= 0.6 is 23.4 Å². The molecule has 0 fully saturated rings. The number of benzene rings is 2. The third-order valence-corrected chi connectivity index (χ3v) is 5.35. The number of carbonyl (C=O) groups excluding carboxylic acids is 1. The van der Waals surface area contributed by atoms with E-state index < -0.39 is 0 Å². The topological polar surface area (TPSA) is 29.5 Å². The number of rotatable bonds is 5. The van der Waals surface area contributed by atoms with Crippen LogP contribution in [0.1, 0.15) is 17.5 Å². The molecule has 0 spiro atoms. The second-order valence-corrected chi connectivity index (χ2v) is 7.16. The quantitative estimate of drug-likeness (QED) is 0.781. The number of hydrogen-bond acceptors (Lipinski definition) is 3. The maximum absolute atomic E-state index is 12.7. The number of aryl methyl sites for hydroxylation is 1. The van der Waals surface area contributed by atoms with Crippen LogP contribution in [0.5, 0.6) is 5.75 Å². The van der Waals surface area contributed by atoms with Crippen molar-refractivity contribution < 1.29 is 9.53 Å². The van der Waals surface area contributed by atoms with E-state index >= 15 is 0 Å². The molecule has 0 saturated carbocycles. The van der Waals surface area contributed by atoms with Crippen LogP contribution < -0.4 is 9.64 Å². The average Bonchev–Trinajstić information content (AvgIpc) is 2.62. The van der Waals surface area contributed by atoms with Gasteiger partial charge in [-0.25, -0.2) is 0 Å². The number of anilines is 1. The van der Waals surface area contributed by atoms with Gasteiger partial charge in [-0.1, -0.05) is 35.9 Å². The Labute approximate surface area is 151 Å². The maximum Gasteiger partial charge on any atom is 0.237 e. The van der Waals surface area contributed by atoms with Gasteiger partial charge < -0.3 is 9.64 Å². The lowest BCUT2D eigenvalue weighted by molar-refractivity contribution is -0.116. The van der Waals surface area contributed by atoms with Crippen LogP contribution in [0.4, 0.5) is 5.69 Å². The van der Waals surface area contributed by atoms with Gasteiger partial charge in [0.15, 0.2) is 0 Å². The Bertz CT molecular complexity index is 704. The summed E-state index contributed by atoms with van der Waals surface area (Å²) < 4.78 is 5.46. The summed E-state index contributed by atoms with van der Waals surface area (Å²) in [6.07, 6.45) is 1.99. The van der Waals surface area contributed by atoms with E-state index in [4.69, 9.17) is 16.3 Å². The minimum atomic E-state index is 0.138. The van der Waals surface area contributed by atoms with Crippen LogP contribution in [0.2, 0.25) is 5.02 Å². The first-order valence-electron chi connectivity index (χ1n) is 7.97. The Morgan fingerprint density at radius 3 is 2.79 bits per heavy atom. The summed E-state index contributed by atoms with van der Waals surface area (Å²) in [5.74, 6) is 2.18. The van der Waals surface area contributed by atoms with Gasteiger partial charge in [-0.3, -0.25) is 4.79 Å². The van der Waals surface area contributed by atoms with Crippen molar-refractivity contribution in [2.45, 2.75) is 18.6 Å². The summed E-state index contributed by atoms with van der Waals surface area (Å²) in [5.41, 5.74) is 3.31. The molecule has 24 heavy (non-hydrogen) atoms. The van der Waals surface area contributed by atoms with Crippen molar-refractivity contribution in [2.24, 2.45) is 0 Å². The standard InChI is InChI=1S/C19H20ClNO2S/c1-23-17-6-2-4-15-5-3-11-21(19(15)17)18(22)13-24-12-14-7-9-16(20)10-8-14/h2,4,6-10H,3,5,11-13H2,1H3. The number of methoxy groups -OCH3 is 1. The van der Waals surface area contributed by atoms with Gasteiger partial charge in [0.05, 0.1) is 18.6 Å². The third kappa shape index (κ3) is 3.87. The van der Waals surface area contributed by atoms with Gasteiger partial charge in [0, 0.05) is 17.3 Å². The fourth-order valence-electron chi connectivity index (χ4n) is 2.94. The molecular formula is C19H20ClNO2S. The van der Waals surface area contributed by atoms with Crippen LogP contribution in [-0.2, 0) is 17.0 Å². The van der Waals surface area contributed by atoms with Crippen LogP contribution in [0, 0.1) is 0 Å². The van der Waals surface area contributed by atoms with E-state index in [0.29, 0.717) is 5.75 Å². The zero-order chi connectivity index (χ0) is 16.9. The summed E-state index contributed by atoms with van der Waals surface area (Å²) in [7, 11) is 1.65. The lowest BCUT2D eigenvalue weighted by Crippen LogP contribution is -2.37. The fourth-order valence-corrected chi connectivity index (χ4v) is 3.93. The predicted molar refractivity (Wildman–Crippen MR) is 101 cm³/mol. The van der Waals surface area contributed by atoms with E-state index in [1.54, 1.807) is 18.9 Å². The number of thioether (sulfide) groups is 1. The number of fused-ring (bicyclic) bond motifs is 1. The molecule has 3 nitrogen and oxygen atoms in total. The minimum Gasteiger partial charge on any atom is -0.495 e. The highest BCUT2D eigenvalue weighted by Gasteiger charge is 2.25. The highest BCUT2D eigenvalue weighted by molar-refractivity contribution is 7.99. The van der Waals surface area contributed by atoms with E-state index in [9.17, 15) is 4.79 Å². The van der Waals surface area contributed by atoms with Crippen molar-refractivity contribution in [3.63, 3.8) is 0 Å². The fraction of sp³-hybridized carbons (Fsp3) is 0.316. The minimum absolute atomic E-state index is 0.138. The Balaban J connectivity index is 1.65. The summed E-state index contributed by atoms with van der Waals surface area (Å²) in [6, 6.07) is 13.7. The zero-order valence-electron chi connectivity index (χ0n) is 13.6. The molecule has 126 valence electrons. The maximum atomic E-state index is 12.7. The zero-order valence-corrected chi connectivity index (χ0v) is 15.2. The molecular weight excluding hydrogens is 342 g/mol. The van der Waals surface area contributed by atoms with Crippen LogP contribution in [0.3, 0.4) is 0 Å². The van der Waals surface area contributed by atoms with Crippen molar-refractivity contribution in [2.75, 3.05) is 24.3 Å². The van der Waals surface area contributed by atoms with Crippen molar-refractivity contribution in [3.8, 4) is 5.75 Å². The SMILES string of the molecule is COc1cccc2c1N(C(=O)CSCc1ccc(Cl)cc1)CCC2. The monoisotopic (exact) mass is 361 g/mol. The summed E-state index contributed by atoms with van der Waals surface area (Å²) in [6.45, 7) is 0.758. The molecule has 0 bridgehead atoms. The second kappa shape index (κ2) is 7.95. The summed E-state index contributed by atoms with van der Waals surface area (Å²) in [4.78, 5) is 14.6. The Kier molecular flexibility index (Phi) is 5.69. The number of nitrogens with zero attached hydrogens (tertiary/aromatic N) is 1. The average molecular weight is 362 g/mol. The largest absolute Gasteiger partial charge is 0.495 e. The molecule has 0 aliphatic carbocycles. The van der Waals surface area contributed by atoms with E-state index in [1.807, 2.05) is 41.3 Å². The number of amides is 1. The number of carbonyl (C=O) groups is 1. The van der Waals surface area contributed by atoms with Crippen LogP contribution in [0.25, 0.3) is 0 Å².